The highest BCUT2D eigenvalue weighted by molar-refractivity contribution is 6.03. The molecule has 0 spiro atoms. The van der Waals surface area contributed by atoms with Crippen LogP contribution in [0.3, 0.4) is 0 Å². The normalized spacial score (nSPS) is 10.1. The van der Waals surface area contributed by atoms with Crippen molar-refractivity contribution in [3.63, 3.8) is 0 Å². The van der Waals surface area contributed by atoms with Gasteiger partial charge < -0.3 is 15.0 Å². The van der Waals surface area contributed by atoms with Crippen LogP contribution in [0.4, 0.5) is 5.69 Å². The Kier molecular flexibility index (Phi) is 4.18. The summed E-state index contributed by atoms with van der Waals surface area (Å²) in [6.45, 7) is 0. The molecule has 0 saturated carbocycles. The molecule has 21 heavy (non-hydrogen) atoms. The van der Waals surface area contributed by atoms with Crippen LogP contribution in [0, 0.1) is 0 Å². The van der Waals surface area contributed by atoms with E-state index >= 15 is 0 Å². The summed E-state index contributed by atoms with van der Waals surface area (Å²) in [7, 11) is 1.51. The van der Waals surface area contributed by atoms with Crippen molar-refractivity contribution in [1.29, 1.82) is 0 Å². The zero-order chi connectivity index (χ0) is 15.4. The van der Waals surface area contributed by atoms with Gasteiger partial charge >= 0.3 is 5.97 Å². The average Bonchev–Trinajstić information content (AvgIpc) is 2.41. The van der Waals surface area contributed by atoms with Crippen molar-refractivity contribution < 1.29 is 14.7 Å². The van der Waals surface area contributed by atoms with Gasteiger partial charge in [-0.2, -0.15) is 0 Å². The third-order valence-electron chi connectivity index (χ3n) is 2.96. The predicted molar refractivity (Wildman–Crippen MR) is 77.4 cm³/mol. The minimum absolute atomic E-state index is 0.118. The summed E-state index contributed by atoms with van der Waals surface area (Å²) in [4.78, 5) is 34.3. The van der Waals surface area contributed by atoms with E-state index in [0.717, 1.165) is 0 Å². The fraction of sp³-hybridized carbons (Fsp3) is 0.133. The number of carboxylic acids is 1. The Labute approximate surface area is 120 Å². The van der Waals surface area contributed by atoms with E-state index in [-0.39, 0.29) is 17.7 Å². The van der Waals surface area contributed by atoms with E-state index in [1.54, 1.807) is 24.3 Å². The summed E-state index contributed by atoms with van der Waals surface area (Å²) in [5.41, 5.74) is 1.02. The van der Waals surface area contributed by atoms with Gasteiger partial charge in [0.1, 0.15) is 5.69 Å². The van der Waals surface area contributed by atoms with Gasteiger partial charge in [0, 0.05) is 18.8 Å². The fourth-order valence-corrected chi connectivity index (χ4v) is 1.92. The number of pyridine rings is 1. The number of nitrogens with zero attached hydrogens (tertiary/aromatic N) is 1. The smallest absolute Gasteiger partial charge is 0.307 e. The summed E-state index contributed by atoms with van der Waals surface area (Å²) in [6.07, 6.45) is -0.118. The number of carbonyl (C=O) groups is 2. The Morgan fingerprint density at radius 1 is 1.19 bits per heavy atom. The van der Waals surface area contributed by atoms with Crippen LogP contribution in [0.25, 0.3) is 0 Å². The molecule has 0 unspecified atom stereocenters. The summed E-state index contributed by atoms with van der Waals surface area (Å²) < 4.78 is 1.25. The van der Waals surface area contributed by atoms with Crippen molar-refractivity contribution in [2.75, 3.05) is 5.32 Å². The number of benzene rings is 1. The van der Waals surface area contributed by atoms with Gasteiger partial charge in [0.05, 0.1) is 6.42 Å². The van der Waals surface area contributed by atoms with E-state index in [0.29, 0.717) is 11.3 Å². The molecule has 1 aromatic carbocycles. The monoisotopic (exact) mass is 286 g/mol. The molecule has 0 fully saturated rings. The maximum absolute atomic E-state index is 12.1. The van der Waals surface area contributed by atoms with Gasteiger partial charge in [-0.3, -0.25) is 14.4 Å². The Balaban J connectivity index is 2.21. The van der Waals surface area contributed by atoms with Crippen molar-refractivity contribution in [3.8, 4) is 0 Å². The molecule has 108 valence electrons. The zero-order valence-electron chi connectivity index (χ0n) is 11.4. The van der Waals surface area contributed by atoms with Crippen LogP contribution in [0.5, 0.6) is 0 Å². The number of rotatable bonds is 4. The highest BCUT2D eigenvalue weighted by atomic mass is 16.4. The Morgan fingerprint density at radius 3 is 2.62 bits per heavy atom. The van der Waals surface area contributed by atoms with E-state index in [1.807, 2.05) is 0 Å². The van der Waals surface area contributed by atoms with Crippen molar-refractivity contribution >= 4 is 17.6 Å². The van der Waals surface area contributed by atoms with E-state index in [1.165, 1.54) is 29.8 Å². The molecule has 0 aliphatic rings. The summed E-state index contributed by atoms with van der Waals surface area (Å²) in [5.74, 6) is -1.37. The van der Waals surface area contributed by atoms with Gasteiger partial charge in [-0.25, -0.2) is 0 Å². The number of aliphatic carboxylic acids is 1. The molecule has 0 saturated heterocycles. The molecule has 1 heterocycles. The van der Waals surface area contributed by atoms with Crippen molar-refractivity contribution in [2.45, 2.75) is 6.42 Å². The van der Waals surface area contributed by atoms with Crippen molar-refractivity contribution in [2.24, 2.45) is 7.05 Å². The lowest BCUT2D eigenvalue weighted by atomic mass is 10.1. The van der Waals surface area contributed by atoms with E-state index in [4.69, 9.17) is 5.11 Å². The molecule has 1 aromatic heterocycles. The molecular weight excluding hydrogens is 272 g/mol. The molecule has 0 bridgehead atoms. The number of aromatic nitrogens is 1. The molecule has 6 heteroatoms. The lowest BCUT2D eigenvalue weighted by Crippen LogP contribution is -2.25. The number of nitrogens with one attached hydrogen (secondary N) is 1. The van der Waals surface area contributed by atoms with Crippen LogP contribution < -0.4 is 10.9 Å². The second-order valence-electron chi connectivity index (χ2n) is 4.53. The third kappa shape index (κ3) is 3.56. The van der Waals surface area contributed by atoms with Gasteiger partial charge in [0.2, 0.25) is 0 Å². The number of anilines is 1. The fourth-order valence-electron chi connectivity index (χ4n) is 1.92. The second kappa shape index (κ2) is 6.04. The molecule has 2 N–H and O–H groups in total. The molecule has 1 amide bonds. The topological polar surface area (TPSA) is 88.4 Å². The van der Waals surface area contributed by atoms with Crippen LogP contribution in [-0.2, 0) is 18.3 Å². The third-order valence-corrected chi connectivity index (χ3v) is 2.96. The lowest BCUT2D eigenvalue weighted by Gasteiger charge is -2.09. The second-order valence-corrected chi connectivity index (χ2v) is 4.53. The minimum atomic E-state index is -0.941. The van der Waals surface area contributed by atoms with Crippen LogP contribution >= 0.6 is 0 Å². The van der Waals surface area contributed by atoms with Gasteiger partial charge in [0.15, 0.2) is 0 Å². The van der Waals surface area contributed by atoms with Crippen molar-refractivity contribution in [1.82, 2.24) is 4.57 Å². The summed E-state index contributed by atoms with van der Waals surface area (Å²) in [6, 6.07) is 11.0. The van der Waals surface area contributed by atoms with Crippen LogP contribution in [0.15, 0.2) is 47.3 Å². The van der Waals surface area contributed by atoms with Crippen molar-refractivity contribution in [3.05, 3.63) is 64.1 Å². The first-order valence-corrected chi connectivity index (χ1v) is 6.25. The molecule has 0 atom stereocenters. The molecule has 2 aromatic rings. The first-order chi connectivity index (χ1) is 9.97. The van der Waals surface area contributed by atoms with E-state index < -0.39 is 11.9 Å². The molecule has 0 aliphatic carbocycles. The SMILES string of the molecule is Cn1c(C(=O)Nc2cccc(CC(=O)O)c2)cccc1=O. The average molecular weight is 286 g/mol. The standard InChI is InChI=1S/C15H14N2O4/c1-17-12(6-3-7-13(17)18)15(21)16-11-5-2-4-10(8-11)9-14(19)20/h2-8H,9H2,1H3,(H,16,21)(H,19,20). The number of hydrogen-bond donors (Lipinski definition) is 2. The van der Waals surface area contributed by atoms with Crippen LogP contribution in [0.1, 0.15) is 16.1 Å². The van der Waals surface area contributed by atoms with Gasteiger partial charge in [-0.1, -0.05) is 18.2 Å². The highest BCUT2D eigenvalue weighted by Crippen LogP contribution is 2.12. The van der Waals surface area contributed by atoms with E-state index in [9.17, 15) is 14.4 Å². The first-order valence-electron chi connectivity index (χ1n) is 6.25. The Hall–Kier alpha value is -2.89. The molecule has 2 rings (SSSR count). The van der Waals surface area contributed by atoms with Gasteiger partial charge in [-0.05, 0) is 23.8 Å². The molecule has 0 radical (unpaired) electrons. The maximum Gasteiger partial charge on any atom is 0.307 e. The van der Waals surface area contributed by atoms with Crippen LogP contribution in [-0.4, -0.2) is 21.6 Å². The first kappa shape index (κ1) is 14.5. The summed E-state index contributed by atoms with van der Waals surface area (Å²) >= 11 is 0. The summed E-state index contributed by atoms with van der Waals surface area (Å²) in [5, 5.41) is 11.4. The van der Waals surface area contributed by atoms with Gasteiger partial charge in [-0.15, -0.1) is 0 Å². The quantitative estimate of drug-likeness (QED) is 0.885. The number of hydrogen-bond acceptors (Lipinski definition) is 3. The maximum atomic E-state index is 12.1. The number of carboxylic acid groups (broad SMARTS) is 1. The van der Waals surface area contributed by atoms with E-state index in [2.05, 4.69) is 5.32 Å². The van der Waals surface area contributed by atoms with Gasteiger partial charge in [0.25, 0.3) is 11.5 Å². The number of amides is 1. The molecule has 6 nitrogen and oxygen atoms in total. The number of carbonyl (C=O) groups excluding carboxylic acids is 1. The van der Waals surface area contributed by atoms with Crippen LogP contribution in [0.2, 0.25) is 0 Å². The Bertz CT molecular complexity index is 749. The molecule has 0 aliphatic heterocycles. The molecular formula is C15H14N2O4. The Morgan fingerprint density at radius 2 is 1.90 bits per heavy atom. The predicted octanol–water partition coefficient (Wildman–Crippen LogP) is 1.26. The largest absolute Gasteiger partial charge is 0.481 e. The lowest BCUT2D eigenvalue weighted by molar-refractivity contribution is -0.136. The zero-order valence-corrected chi connectivity index (χ0v) is 11.4. The highest BCUT2D eigenvalue weighted by Gasteiger charge is 2.10. The minimum Gasteiger partial charge on any atom is -0.481 e.